The molecule has 2 nitrogen and oxygen atoms in total. The first-order chi connectivity index (χ1) is 9.25. The Morgan fingerprint density at radius 2 is 1.21 bits per heavy atom. The minimum absolute atomic E-state index is 0.403. The van der Waals surface area contributed by atoms with Crippen molar-refractivity contribution in [3.05, 3.63) is 54.6 Å². The molecule has 0 aliphatic carbocycles. The molecule has 0 aromatic heterocycles. The summed E-state index contributed by atoms with van der Waals surface area (Å²) in [6, 6.07) is 17.7. The van der Waals surface area contributed by atoms with Crippen molar-refractivity contribution in [3.63, 3.8) is 0 Å². The maximum atomic E-state index is 11.4. The molecule has 0 N–H and O–H groups in total. The van der Waals surface area contributed by atoms with E-state index in [1.165, 1.54) is 0 Å². The van der Waals surface area contributed by atoms with Crippen molar-refractivity contribution >= 4 is 43.0 Å². The Hall–Kier alpha value is -2.13. The summed E-state index contributed by atoms with van der Waals surface area (Å²) in [5.41, 5.74) is 0. The van der Waals surface area contributed by atoms with Crippen LogP contribution in [0.5, 0.6) is 0 Å². The summed E-state index contributed by atoms with van der Waals surface area (Å²) in [7, 11) is -2.57. The van der Waals surface area contributed by atoms with Gasteiger partial charge in [0.05, 0.1) is 4.90 Å². The van der Waals surface area contributed by atoms with E-state index >= 15 is 0 Å². The van der Waals surface area contributed by atoms with E-state index in [-0.39, 0.29) is 0 Å². The van der Waals surface area contributed by atoms with Crippen LogP contribution in [0.15, 0.2) is 59.5 Å². The molecule has 0 amide bonds. The van der Waals surface area contributed by atoms with Gasteiger partial charge < -0.3 is 0 Å². The topological polar surface area (TPSA) is 34.1 Å². The van der Waals surface area contributed by atoms with Crippen molar-refractivity contribution < 1.29 is 8.42 Å². The highest BCUT2D eigenvalue weighted by molar-refractivity contribution is 7.72. The summed E-state index contributed by atoms with van der Waals surface area (Å²) in [6.07, 6.45) is 0. The Balaban J connectivity index is 2.42. The van der Waals surface area contributed by atoms with Crippen molar-refractivity contribution in [1.29, 1.82) is 0 Å². The lowest BCUT2D eigenvalue weighted by Gasteiger charge is -2.11. The molecule has 4 aromatic rings. The molecule has 0 fully saturated rings. The summed E-state index contributed by atoms with van der Waals surface area (Å²) in [5.74, 6) is 0. The third-order valence-electron chi connectivity index (χ3n) is 3.70. The van der Waals surface area contributed by atoms with Crippen LogP contribution < -0.4 is 0 Å². The first-order valence-corrected chi connectivity index (χ1v) is 7.24. The summed E-state index contributed by atoms with van der Waals surface area (Å²) in [6.45, 7) is 0. The molecular weight excluding hydrogens is 256 g/mol. The van der Waals surface area contributed by atoms with Crippen molar-refractivity contribution in [2.75, 3.05) is 0 Å². The van der Waals surface area contributed by atoms with Gasteiger partial charge in [-0.2, -0.15) is 0 Å². The lowest BCUT2D eigenvalue weighted by Crippen LogP contribution is -1.88. The van der Waals surface area contributed by atoms with Gasteiger partial charge in [-0.25, -0.2) is 8.42 Å². The fourth-order valence-corrected chi connectivity index (χ4v) is 3.46. The maximum Gasteiger partial charge on any atom is 0.168 e. The molecule has 0 heterocycles. The summed E-state index contributed by atoms with van der Waals surface area (Å²) in [5, 5.41) is 6.39. The van der Waals surface area contributed by atoms with Crippen LogP contribution in [0.1, 0.15) is 0 Å². The van der Waals surface area contributed by atoms with Crippen LogP contribution >= 0.6 is 0 Å². The average Bonchev–Trinajstić information content (AvgIpc) is 2.44. The number of benzene rings is 4. The minimum atomic E-state index is -2.57. The Morgan fingerprint density at radius 1 is 0.632 bits per heavy atom. The van der Waals surface area contributed by atoms with Crippen molar-refractivity contribution in [3.8, 4) is 0 Å². The zero-order valence-corrected chi connectivity index (χ0v) is 10.9. The van der Waals surface area contributed by atoms with Crippen LogP contribution in [0.3, 0.4) is 0 Å². The highest BCUT2D eigenvalue weighted by Crippen LogP contribution is 2.36. The van der Waals surface area contributed by atoms with E-state index in [2.05, 4.69) is 18.2 Å². The van der Waals surface area contributed by atoms with Crippen LogP contribution in [0.4, 0.5) is 0 Å². The second kappa shape index (κ2) is 3.68. The molecule has 3 heteroatoms. The van der Waals surface area contributed by atoms with Crippen LogP contribution in [0.25, 0.3) is 32.3 Å². The van der Waals surface area contributed by atoms with Crippen molar-refractivity contribution in [2.24, 2.45) is 0 Å². The van der Waals surface area contributed by atoms with E-state index in [1.807, 2.05) is 30.3 Å². The van der Waals surface area contributed by atoms with Gasteiger partial charge in [0.25, 0.3) is 0 Å². The monoisotopic (exact) mass is 266 g/mol. The molecule has 0 aliphatic heterocycles. The maximum absolute atomic E-state index is 11.4. The number of thiol groups is 1. The second-order valence-electron chi connectivity index (χ2n) is 4.70. The molecule has 0 saturated carbocycles. The molecule has 0 radical (unpaired) electrons. The molecule has 19 heavy (non-hydrogen) atoms. The zero-order chi connectivity index (χ0) is 13.0. The molecule has 0 unspecified atom stereocenters. The largest absolute Gasteiger partial charge is 0.227 e. The van der Waals surface area contributed by atoms with Gasteiger partial charge in [-0.3, -0.25) is 0 Å². The second-order valence-corrected chi connectivity index (χ2v) is 5.69. The van der Waals surface area contributed by atoms with E-state index < -0.39 is 10.7 Å². The quantitative estimate of drug-likeness (QED) is 0.422. The van der Waals surface area contributed by atoms with E-state index in [4.69, 9.17) is 0 Å². The third kappa shape index (κ3) is 1.39. The lowest BCUT2D eigenvalue weighted by atomic mass is 9.94. The lowest BCUT2D eigenvalue weighted by molar-refractivity contribution is 0.615. The molecule has 4 aromatic carbocycles. The third-order valence-corrected chi connectivity index (χ3v) is 4.49. The number of rotatable bonds is 1. The molecule has 4 rings (SSSR count). The Morgan fingerprint density at radius 3 is 1.89 bits per heavy atom. The molecule has 0 atom stereocenters. The van der Waals surface area contributed by atoms with E-state index in [0.29, 0.717) is 4.90 Å². The standard InChI is InChI=1S/C16H10O2S/c17-19(18)14-9-7-12-5-4-10-2-1-3-11-6-8-13(14)16(12)15(10)11/h1-9,19H. The van der Waals surface area contributed by atoms with Crippen LogP contribution in [0, 0.1) is 0 Å². The molecule has 0 spiro atoms. The highest BCUT2D eigenvalue weighted by Gasteiger charge is 2.11. The summed E-state index contributed by atoms with van der Waals surface area (Å²) >= 11 is 0. The highest BCUT2D eigenvalue weighted by atomic mass is 32.2. The van der Waals surface area contributed by atoms with E-state index in [1.54, 1.807) is 6.07 Å². The van der Waals surface area contributed by atoms with Crippen molar-refractivity contribution in [2.45, 2.75) is 4.90 Å². The van der Waals surface area contributed by atoms with Crippen LogP contribution in [-0.4, -0.2) is 8.42 Å². The van der Waals surface area contributed by atoms with Gasteiger partial charge in [0.15, 0.2) is 10.7 Å². The predicted octanol–water partition coefficient (Wildman–Crippen LogP) is 3.55. The van der Waals surface area contributed by atoms with Gasteiger partial charge in [-0.1, -0.05) is 48.5 Å². The summed E-state index contributed by atoms with van der Waals surface area (Å²) in [4.78, 5) is 0.403. The molecule has 0 aliphatic rings. The number of hydrogen-bond acceptors (Lipinski definition) is 2. The van der Waals surface area contributed by atoms with Gasteiger partial charge >= 0.3 is 0 Å². The van der Waals surface area contributed by atoms with Gasteiger partial charge in [0, 0.05) is 5.39 Å². The molecular formula is C16H10O2S. The van der Waals surface area contributed by atoms with Gasteiger partial charge in [0.2, 0.25) is 0 Å². The summed E-state index contributed by atoms with van der Waals surface area (Å²) < 4.78 is 22.8. The van der Waals surface area contributed by atoms with Gasteiger partial charge in [-0.05, 0) is 33.0 Å². The first-order valence-electron chi connectivity index (χ1n) is 6.06. The SMILES string of the molecule is O=[SH](=O)c1ccc2ccc3cccc4ccc1c2c34. The van der Waals surface area contributed by atoms with Gasteiger partial charge in [0.1, 0.15) is 0 Å². The van der Waals surface area contributed by atoms with E-state index in [9.17, 15) is 8.42 Å². The van der Waals surface area contributed by atoms with Gasteiger partial charge in [-0.15, -0.1) is 0 Å². The van der Waals surface area contributed by atoms with Crippen molar-refractivity contribution in [1.82, 2.24) is 0 Å². The van der Waals surface area contributed by atoms with Crippen LogP contribution in [0.2, 0.25) is 0 Å². The average molecular weight is 266 g/mol. The molecule has 0 saturated heterocycles. The predicted molar refractivity (Wildman–Crippen MR) is 78.7 cm³/mol. The molecule has 0 bridgehead atoms. The normalized spacial score (nSPS) is 12.1. The minimum Gasteiger partial charge on any atom is -0.227 e. The molecule has 92 valence electrons. The Kier molecular flexibility index (Phi) is 2.09. The Bertz CT molecular complexity index is 976. The van der Waals surface area contributed by atoms with E-state index in [0.717, 1.165) is 32.3 Å². The zero-order valence-electron chi connectivity index (χ0n) is 9.96. The Labute approximate surface area is 111 Å². The fourth-order valence-electron chi connectivity index (χ4n) is 2.88. The smallest absolute Gasteiger partial charge is 0.168 e. The number of hydrogen-bond donors (Lipinski definition) is 1. The fraction of sp³-hybridized carbons (Fsp3) is 0. The first kappa shape index (κ1) is 10.8. The van der Waals surface area contributed by atoms with Crippen LogP contribution in [-0.2, 0) is 10.7 Å².